The van der Waals surface area contributed by atoms with Crippen molar-refractivity contribution in [2.24, 2.45) is 0 Å². The maximum Gasteiger partial charge on any atom is 0.0831 e. The van der Waals surface area contributed by atoms with E-state index in [0.717, 1.165) is 0 Å². The molecule has 0 bridgehead atoms. The molecule has 0 aromatic heterocycles. The van der Waals surface area contributed by atoms with Gasteiger partial charge >= 0.3 is 0 Å². The molecule has 0 atom stereocenters. The third-order valence-electron chi connectivity index (χ3n) is 1.42. The topological polar surface area (TPSA) is 71.5 Å². The number of hydrogen-bond donors (Lipinski definition) is 2. The van der Waals surface area contributed by atoms with Gasteiger partial charge in [0.2, 0.25) is 0 Å². The van der Waals surface area contributed by atoms with Crippen molar-refractivity contribution < 1.29 is 0 Å². The summed E-state index contributed by atoms with van der Waals surface area (Å²) in [5, 5.41) is 22.9. The average molecular weight is 145 g/mol. The Bertz CT molecular complexity index is 302. The summed E-state index contributed by atoms with van der Waals surface area (Å²) in [5.41, 5.74) is 0.965. The van der Waals surface area contributed by atoms with Crippen LogP contribution < -0.4 is 0 Å². The molecule has 0 spiro atoms. The summed E-state index contributed by atoms with van der Waals surface area (Å²) in [6.07, 6.45) is 5.14. The van der Waals surface area contributed by atoms with Gasteiger partial charge < -0.3 is 0 Å². The summed E-state index contributed by atoms with van der Waals surface area (Å²) < 4.78 is 0. The van der Waals surface area contributed by atoms with Crippen LogP contribution in [0.15, 0.2) is 23.8 Å². The molecule has 0 aromatic carbocycles. The first kappa shape index (κ1) is 7.42. The molecule has 54 valence electrons. The van der Waals surface area contributed by atoms with Crippen molar-refractivity contribution in [3.8, 4) is 6.07 Å². The Morgan fingerprint density at radius 3 is 2.82 bits per heavy atom. The molecule has 0 aromatic rings. The number of rotatable bonds is 1. The Morgan fingerprint density at radius 1 is 1.45 bits per heavy atom. The summed E-state index contributed by atoms with van der Waals surface area (Å²) in [4.78, 5) is 0. The highest BCUT2D eigenvalue weighted by atomic mass is 14.5. The van der Waals surface area contributed by atoms with Gasteiger partial charge in [0.05, 0.1) is 23.9 Å². The Labute approximate surface area is 64.7 Å². The van der Waals surface area contributed by atoms with Gasteiger partial charge in [-0.3, -0.25) is 10.8 Å². The van der Waals surface area contributed by atoms with Gasteiger partial charge in [-0.15, -0.1) is 0 Å². The van der Waals surface area contributed by atoms with Crippen LogP contribution in [0.3, 0.4) is 0 Å². The van der Waals surface area contributed by atoms with Crippen LogP contribution in [0.25, 0.3) is 0 Å². The maximum absolute atomic E-state index is 8.34. The molecule has 1 rings (SSSR count). The molecule has 11 heavy (non-hydrogen) atoms. The third kappa shape index (κ3) is 1.41. The second-order valence-corrected chi connectivity index (χ2v) is 2.17. The maximum atomic E-state index is 8.34. The fraction of sp³-hybridized carbons (Fsp3) is 0.125. The largest absolute Gasteiger partial charge is 0.299 e. The SMILES string of the molecule is N#CCC1=CC=CC(=N)C1=N. The molecular weight excluding hydrogens is 138 g/mol. The van der Waals surface area contributed by atoms with Crippen LogP contribution in [0.2, 0.25) is 0 Å². The average Bonchev–Trinajstić information content (AvgIpc) is 1.99. The minimum absolute atomic E-state index is 0.161. The number of nitriles is 1. The van der Waals surface area contributed by atoms with Crippen molar-refractivity contribution in [2.75, 3.05) is 0 Å². The smallest absolute Gasteiger partial charge is 0.0831 e. The standard InChI is InChI=1S/C8H7N3/c9-5-4-6-2-1-3-7(10)8(6)11/h1-3,10-11H,4H2. The van der Waals surface area contributed by atoms with E-state index in [1.807, 2.05) is 6.07 Å². The Morgan fingerprint density at radius 2 is 2.18 bits per heavy atom. The number of hydrogen-bond acceptors (Lipinski definition) is 3. The van der Waals surface area contributed by atoms with E-state index in [2.05, 4.69) is 0 Å². The molecule has 3 heteroatoms. The lowest BCUT2D eigenvalue weighted by molar-refractivity contribution is 1.28. The van der Waals surface area contributed by atoms with Crippen LogP contribution in [-0.4, -0.2) is 11.4 Å². The van der Waals surface area contributed by atoms with E-state index in [4.69, 9.17) is 16.1 Å². The van der Waals surface area contributed by atoms with Crippen molar-refractivity contribution in [3.05, 3.63) is 23.8 Å². The Hall–Kier alpha value is -1.69. The fourth-order valence-electron chi connectivity index (χ4n) is 0.833. The number of allylic oxidation sites excluding steroid dienone is 4. The summed E-state index contributed by atoms with van der Waals surface area (Å²) in [5.74, 6) is 0. The Balaban J connectivity index is 2.89. The molecule has 1 aliphatic rings. The zero-order valence-corrected chi connectivity index (χ0v) is 5.89. The van der Waals surface area contributed by atoms with Crippen LogP contribution in [0.1, 0.15) is 6.42 Å². The van der Waals surface area contributed by atoms with Crippen molar-refractivity contribution in [3.63, 3.8) is 0 Å². The van der Waals surface area contributed by atoms with Gasteiger partial charge in [-0.05, 0) is 11.6 Å². The summed E-state index contributed by atoms with van der Waals surface area (Å²) in [6, 6.07) is 1.95. The monoisotopic (exact) mass is 145 g/mol. The van der Waals surface area contributed by atoms with E-state index in [1.54, 1.807) is 18.2 Å². The van der Waals surface area contributed by atoms with Gasteiger partial charge in [-0.2, -0.15) is 5.26 Å². The summed E-state index contributed by atoms with van der Waals surface area (Å²) in [6.45, 7) is 0. The molecule has 0 amide bonds. The van der Waals surface area contributed by atoms with Crippen molar-refractivity contribution in [2.45, 2.75) is 6.42 Å². The predicted molar refractivity (Wildman–Crippen MR) is 42.9 cm³/mol. The molecule has 0 radical (unpaired) electrons. The molecular formula is C8H7N3. The zero-order chi connectivity index (χ0) is 8.27. The lowest BCUT2D eigenvalue weighted by Gasteiger charge is -2.06. The molecule has 3 nitrogen and oxygen atoms in total. The van der Waals surface area contributed by atoms with E-state index < -0.39 is 0 Å². The van der Waals surface area contributed by atoms with Crippen LogP contribution >= 0.6 is 0 Å². The fourth-order valence-corrected chi connectivity index (χ4v) is 0.833. The van der Waals surface area contributed by atoms with Gasteiger partial charge in [-0.25, -0.2) is 0 Å². The Kier molecular flexibility index (Phi) is 1.98. The van der Waals surface area contributed by atoms with E-state index >= 15 is 0 Å². The highest BCUT2D eigenvalue weighted by Crippen LogP contribution is 2.08. The lowest BCUT2D eigenvalue weighted by Crippen LogP contribution is -2.14. The third-order valence-corrected chi connectivity index (χ3v) is 1.42. The van der Waals surface area contributed by atoms with Crippen LogP contribution in [0, 0.1) is 22.1 Å². The molecule has 0 saturated heterocycles. The van der Waals surface area contributed by atoms with Crippen LogP contribution in [0.4, 0.5) is 0 Å². The highest BCUT2D eigenvalue weighted by molar-refractivity contribution is 6.50. The van der Waals surface area contributed by atoms with E-state index in [1.165, 1.54) is 0 Å². The molecule has 0 aliphatic heterocycles. The van der Waals surface area contributed by atoms with Crippen molar-refractivity contribution >= 4 is 11.4 Å². The zero-order valence-electron chi connectivity index (χ0n) is 5.89. The molecule has 0 fully saturated rings. The van der Waals surface area contributed by atoms with Crippen molar-refractivity contribution in [1.29, 1.82) is 16.1 Å². The quantitative estimate of drug-likeness (QED) is 0.538. The first-order chi connectivity index (χ1) is 5.25. The second kappa shape index (κ2) is 2.93. The van der Waals surface area contributed by atoms with E-state index in [-0.39, 0.29) is 17.8 Å². The van der Waals surface area contributed by atoms with Gasteiger partial charge in [-0.1, -0.05) is 12.2 Å². The highest BCUT2D eigenvalue weighted by Gasteiger charge is 2.10. The predicted octanol–water partition coefficient (Wildman–Crippen LogP) is 1.44. The van der Waals surface area contributed by atoms with E-state index in [9.17, 15) is 0 Å². The van der Waals surface area contributed by atoms with Crippen molar-refractivity contribution in [1.82, 2.24) is 0 Å². The molecule has 2 N–H and O–H groups in total. The minimum Gasteiger partial charge on any atom is -0.299 e. The molecule has 1 aliphatic carbocycles. The number of nitrogens with one attached hydrogen (secondary N) is 2. The summed E-state index contributed by atoms with van der Waals surface area (Å²) in [7, 11) is 0. The van der Waals surface area contributed by atoms with Crippen LogP contribution in [0.5, 0.6) is 0 Å². The second-order valence-electron chi connectivity index (χ2n) is 2.17. The molecule has 0 unspecified atom stereocenters. The normalized spacial score (nSPS) is 16.1. The van der Waals surface area contributed by atoms with Gasteiger partial charge in [0, 0.05) is 0 Å². The summed E-state index contributed by atoms with van der Waals surface area (Å²) >= 11 is 0. The van der Waals surface area contributed by atoms with Gasteiger partial charge in [0.25, 0.3) is 0 Å². The molecule has 0 saturated carbocycles. The van der Waals surface area contributed by atoms with E-state index in [0.29, 0.717) is 5.57 Å². The number of nitrogens with zero attached hydrogens (tertiary/aromatic N) is 1. The van der Waals surface area contributed by atoms with Gasteiger partial charge in [0.1, 0.15) is 0 Å². The minimum atomic E-state index is 0.161. The molecule has 0 heterocycles. The first-order valence-corrected chi connectivity index (χ1v) is 3.17. The lowest BCUT2D eigenvalue weighted by atomic mass is 9.99. The first-order valence-electron chi connectivity index (χ1n) is 3.17. The van der Waals surface area contributed by atoms with Gasteiger partial charge in [0.15, 0.2) is 0 Å². The van der Waals surface area contributed by atoms with Crippen LogP contribution in [-0.2, 0) is 0 Å².